The van der Waals surface area contributed by atoms with Gasteiger partial charge < -0.3 is 5.32 Å². The first-order valence-corrected chi connectivity index (χ1v) is 8.27. The predicted molar refractivity (Wildman–Crippen MR) is 88.5 cm³/mol. The van der Waals surface area contributed by atoms with Crippen LogP contribution in [0.15, 0.2) is 28.7 Å². The molecule has 0 amide bonds. The van der Waals surface area contributed by atoms with Crippen LogP contribution < -0.4 is 5.32 Å². The number of rotatable bonds is 4. The average Bonchev–Trinajstić information content (AvgIpc) is 2.69. The third-order valence-corrected chi connectivity index (χ3v) is 5.38. The second-order valence-electron chi connectivity index (χ2n) is 4.50. The van der Waals surface area contributed by atoms with Crippen LogP contribution in [0.1, 0.15) is 33.8 Å². The SMILES string of the molecule is CCNC(c1cc(C)sc1C)c1cccc(Br)c1Cl. The lowest BCUT2D eigenvalue weighted by molar-refractivity contribution is 0.630. The minimum atomic E-state index is 0.153. The van der Waals surface area contributed by atoms with E-state index < -0.39 is 0 Å². The van der Waals surface area contributed by atoms with Gasteiger partial charge in [-0.25, -0.2) is 0 Å². The van der Waals surface area contributed by atoms with E-state index in [9.17, 15) is 0 Å². The van der Waals surface area contributed by atoms with Crippen molar-refractivity contribution in [3.63, 3.8) is 0 Å². The summed E-state index contributed by atoms with van der Waals surface area (Å²) in [7, 11) is 0. The summed E-state index contributed by atoms with van der Waals surface area (Å²) < 4.78 is 0.944. The molecule has 1 aromatic carbocycles. The Labute approximate surface area is 132 Å². The van der Waals surface area contributed by atoms with E-state index >= 15 is 0 Å². The maximum Gasteiger partial charge on any atom is 0.0602 e. The van der Waals surface area contributed by atoms with Crippen molar-refractivity contribution >= 4 is 38.9 Å². The fourth-order valence-corrected chi connectivity index (χ4v) is 3.85. The molecule has 0 aliphatic carbocycles. The third-order valence-electron chi connectivity index (χ3n) is 3.09. The molecule has 0 spiro atoms. The number of benzene rings is 1. The molecule has 19 heavy (non-hydrogen) atoms. The van der Waals surface area contributed by atoms with E-state index in [1.165, 1.54) is 15.3 Å². The van der Waals surface area contributed by atoms with Gasteiger partial charge in [0.15, 0.2) is 0 Å². The first kappa shape index (κ1) is 15.0. The van der Waals surface area contributed by atoms with Crippen LogP contribution in [-0.4, -0.2) is 6.54 Å². The van der Waals surface area contributed by atoms with Gasteiger partial charge in [-0.1, -0.05) is 30.7 Å². The summed E-state index contributed by atoms with van der Waals surface area (Å²) in [6.45, 7) is 7.34. The van der Waals surface area contributed by atoms with E-state index in [1.807, 2.05) is 23.5 Å². The first-order chi connectivity index (χ1) is 9.04. The highest BCUT2D eigenvalue weighted by Gasteiger charge is 2.20. The Hall–Kier alpha value is -0.350. The Morgan fingerprint density at radius 1 is 1.32 bits per heavy atom. The number of hydrogen-bond donors (Lipinski definition) is 1. The Morgan fingerprint density at radius 2 is 2.05 bits per heavy atom. The van der Waals surface area contributed by atoms with Crippen molar-refractivity contribution in [3.05, 3.63) is 54.6 Å². The minimum absolute atomic E-state index is 0.153. The quantitative estimate of drug-likeness (QED) is 0.763. The molecule has 2 rings (SSSR count). The standard InChI is InChI=1S/C15H17BrClNS/c1-4-18-15(12-8-9(2)19-10(12)3)11-6-5-7-13(16)14(11)17/h5-8,15,18H,4H2,1-3H3. The molecule has 4 heteroatoms. The molecule has 1 nitrogen and oxygen atoms in total. The second-order valence-corrected chi connectivity index (χ2v) is 7.20. The molecule has 102 valence electrons. The molecule has 0 radical (unpaired) electrons. The molecule has 2 aromatic rings. The van der Waals surface area contributed by atoms with E-state index in [4.69, 9.17) is 11.6 Å². The van der Waals surface area contributed by atoms with Crippen LogP contribution in [0.5, 0.6) is 0 Å². The van der Waals surface area contributed by atoms with Gasteiger partial charge in [0, 0.05) is 14.2 Å². The van der Waals surface area contributed by atoms with Crippen LogP contribution in [0.2, 0.25) is 5.02 Å². The molecule has 1 N–H and O–H groups in total. The van der Waals surface area contributed by atoms with Crippen LogP contribution in [-0.2, 0) is 0 Å². The summed E-state index contributed by atoms with van der Waals surface area (Å²) in [5.41, 5.74) is 2.45. The van der Waals surface area contributed by atoms with Gasteiger partial charge in [-0.15, -0.1) is 11.3 Å². The monoisotopic (exact) mass is 357 g/mol. The Bertz CT molecular complexity index is 580. The summed E-state index contributed by atoms with van der Waals surface area (Å²) in [6.07, 6.45) is 0. The molecular weight excluding hydrogens is 342 g/mol. The summed E-state index contributed by atoms with van der Waals surface area (Å²) >= 11 is 11.8. The van der Waals surface area contributed by atoms with E-state index in [0.29, 0.717) is 0 Å². The fraction of sp³-hybridized carbons (Fsp3) is 0.333. The topological polar surface area (TPSA) is 12.0 Å². The maximum atomic E-state index is 6.45. The fourth-order valence-electron chi connectivity index (χ4n) is 2.27. The van der Waals surface area contributed by atoms with Crippen molar-refractivity contribution in [1.29, 1.82) is 0 Å². The molecule has 1 heterocycles. The predicted octanol–water partition coefficient (Wildman–Crippen LogP) is 5.48. The smallest absolute Gasteiger partial charge is 0.0602 e. The molecule has 0 aliphatic heterocycles. The van der Waals surface area contributed by atoms with Gasteiger partial charge in [-0.05, 0) is 59.6 Å². The lowest BCUT2D eigenvalue weighted by atomic mass is 9.99. The van der Waals surface area contributed by atoms with E-state index in [-0.39, 0.29) is 6.04 Å². The summed E-state index contributed by atoms with van der Waals surface area (Å²) in [4.78, 5) is 2.68. The number of halogens is 2. The van der Waals surface area contributed by atoms with Gasteiger partial charge >= 0.3 is 0 Å². The number of hydrogen-bond acceptors (Lipinski definition) is 2. The van der Waals surface area contributed by atoms with Crippen molar-refractivity contribution in [1.82, 2.24) is 5.32 Å². The molecule has 0 bridgehead atoms. The zero-order chi connectivity index (χ0) is 14.0. The zero-order valence-electron chi connectivity index (χ0n) is 11.3. The molecule has 0 saturated carbocycles. The second kappa shape index (κ2) is 6.40. The molecule has 0 saturated heterocycles. The van der Waals surface area contributed by atoms with Crippen LogP contribution in [0.25, 0.3) is 0 Å². The summed E-state index contributed by atoms with van der Waals surface area (Å²) in [5, 5.41) is 4.33. The average molecular weight is 359 g/mol. The Morgan fingerprint density at radius 3 is 2.63 bits per heavy atom. The number of nitrogens with one attached hydrogen (secondary N) is 1. The third kappa shape index (κ3) is 3.22. The van der Waals surface area contributed by atoms with Crippen molar-refractivity contribution in [2.24, 2.45) is 0 Å². The van der Waals surface area contributed by atoms with Crippen molar-refractivity contribution < 1.29 is 0 Å². The normalized spacial score (nSPS) is 12.7. The van der Waals surface area contributed by atoms with Gasteiger partial charge in [-0.3, -0.25) is 0 Å². The molecule has 0 aliphatic rings. The van der Waals surface area contributed by atoms with E-state index in [0.717, 1.165) is 21.6 Å². The first-order valence-electron chi connectivity index (χ1n) is 6.28. The minimum Gasteiger partial charge on any atom is -0.306 e. The van der Waals surface area contributed by atoms with Gasteiger partial charge in [-0.2, -0.15) is 0 Å². The molecule has 1 aromatic heterocycles. The van der Waals surface area contributed by atoms with Gasteiger partial charge in [0.25, 0.3) is 0 Å². The molecule has 1 atom stereocenters. The highest BCUT2D eigenvalue weighted by atomic mass is 79.9. The molecular formula is C15H17BrClNS. The summed E-state index contributed by atoms with van der Waals surface area (Å²) in [5.74, 6) is 0. The highest BCUT2D eigenvalue weighted by Crippen LogP contribution is 2.36. The Kier molecular flexibility index (Phi) is 5.07. The maximum absolute atomic E-state index is 6.45. The molecule has 1 unspecified atom stereocenters. The van der Waals surface area contributed by atoms with Crippen LogP contribution in [0, 0.1) is 13.8 Å². The largest absolute Gasteiger partial charge is 0.306 e. The van der Waals surface area contributed by atoms with Crippen molar-refractivity contribution in [2.45, 2.75) is 26.8 Å². The Balaban J connectivity index is 2.51. The van der Waals surface area contributed by atoms with Crippen molar-refractivity contribution in [3.8, 4) is 0 Å². The van der Waals surface area contributed by atoms with Crippen molar-refractivity contribution in [2.75, 3.05) is 6.54 Å². The van der Waals surface area contributed by atoms with Crippen LogP contribution >= 0.6 is 38.9 Å². The molecule has 0 fully saturated rings. The van der Waals surface area contributed by atoms with Gasteiger partial charge in [0.2, 0.25) is 0 Å². The van der Waals surface area contributed by atoms with Gasteiger partial charge in [0.1, 0.15) is 0 Å². The summed E-state index contributed by atoms with van der Waals surface area (Å²) in [6, 6.07) is 8.50. The van der Waals surface area contributed by atoms with Crippen LogP contribution in [0.4, 0.5) is 0 Å². The lowest BCUT2D eigenvalue weighted by Gasteiger charge is -2.20. The lowest BCUT2D eigenvalue weighted by Crippen LogP contribution is -2.22. The highest BCUT2D eigenvalue weighted by molar-refractivity contribution is 9.10. The van der Waals surface area contributed by atoms with Gasteiger partial charge in [0.05, 0.1) is 11.1 Å². The van der Waals surface area contributed by atoms with E-state index in [2.05, 4.69) is 54.2 Å². The van der Waals surface area contributed by atoms with E-state index in [1.54, 1.807) is 0 Å². The zero-order valence-corrected chi connectivity index (χ0v) is 14.4. The number of aryl methyl sites for hydroxylation is 2. The van der Waals surface area contributed by atoms with Crippen LogP contribution in [0.3, 0.4) is 0 Å². The number of thiophene rings is 1.